The van der Waals surface area contributed by atoms with Gasteiger partial charge in [-0.3, -0.25) is 9.59 Å². The highest BCUT2D eigenvalue weighted by Crippen LogP contribution is 2.27. The molecule has 2 rings (SSSR count). The second-order valence-electron chi connectivity index (χ2n) is 4.68. The van der Waals surface area contributed by atoms with E-state index in [4.69, 9.17) is 0 Å². The summed E-state index contributed by atoms with van der Waals surface area (Å²) in [4.78, 5) is 23.9. The number of amides is 2. The van der Waals surface area contributed by atoms with Crippen molar-refractivity contribution >= 4 is 18.0 Å². The molecule has 0 aromatic heterocycles. The molecule has 1 aromatic rings. The number of hydrazone groups is 1. The van der Waals surface area contributed by atoms with Crippen LogP contribution >= 0.6 is 0 Å². The predicted molar refractivity (Wildman–Crippen MR) is 69.0 cm³/mol. The van der Waals surface area contributed by atoms with E-state index in [-0.39, 0.29) is 30.1 Å². The van der Waals surface area contributed by atoms with Gasteiger partial charge in [-0.15, -0.1) is 0 Å². The van der Waals surface area contributed by atoms with Crippen molar-refractivity contribution in [1.29, 1.82) is 0 Å². The van der Waals surface area contributed by atoms with Crippen LogP contribution in [0.2, 0.25) is 0 Å². The molecule has 0 saturated carbocycles. The Morgan fingerprint density at radius 3 is 2.44 bits per heavy atom. The van der Waals surface area contributed by atoms with Gasteiger partial charge in [-0.25, -0.2) is 0 Å². The van der Waals surface area contributed by atoms with Gasteiger partial charge in [0.05, 0.1) is 12.3 Å². The van der Waals surface area contributed by atoms with Crippen LogP contribution in [0.1, 0.15) is 31.7 Å². The number of carbonyl (C=O) groups is 2. The Labute approximate surface area is 106 Å². The first-order chi connectivity index (χ1) is 8.61. The van der Waals surface area contributed by atoms with Gasteiger partial charge in [0.15, 0.2) is 0 Å². The molecule has 0 aliphatic carbocycles. The van der Waals surface area contributed by atoms with Crippen LogP contribution in [-0.2, 0) is 9.59 Å². The zero-order valence-electron chi connectivity index (χ0n) is 10.5. The Hall–Kier alpha value is -1.97. The van der Waals surface area contributed by atoms with Gasteiger partial charge in [-0.2, -0.15) is 10.1 Å². The minimum Gasteiger partial charge on any atom is -0.272 e. The largest absolute Gasteiger partial charge is 0.272 e. The maximum atomic E-state index is 12.4. The topological polar surface area (TPSA) is 49.7 Å². The third-order valence-corrected chi connectivity index (χ3v) is 3.00. The highest BCUT2D eigenvalue weighted by Gasteiger charge is 2.33. The van der Waals surface area contributed by atoms with Crippen molar-refractivity contribution in [2.45, 2.75) is 26.2 Å². The fourth-order valence-corrected chi connectivity index (χ4v) is 2.14. The van der Waals surface area contributed by atoms with E-state index in [9.17, 15) is 9.59 Å². The molecule has 0 N–H and O–H groups in total. The molecule has 1 atom stereocenters. The molecule has 1 aliphatic heterocycles. The van der Waals surface area contributed by atoms with Gasteiger partial charge in [0.1, 0.15) is 0 Å². The summed E-state index contributed by atoms with van der Waals surface area (Å²) in [7, 11) is 0. The molecule has 0 saturated heterocycles. The number of hydrogen-bond donors (Lipinski definition) is 0. The third-order valence-electron chi connectivity index (χ3n) is 3.00. The predicted octanol–water partition coefficient (Wildman–Crippen LogP) is 2.17. The van der Waals surface area contributed by atoms with Crippen molar-refractivity contribution in [2.24, 2.45) is 11.0 Å². The molecule has 1 heterocycles. The van der Waals surface area contributed by atoms with E-state index < -0.39 is 0 Å². The molecule has 0 spiro atoms. The Morgan fingerprint density at radius 2 is 1.94 bits per heavy atom. The molecule has 2 amide bonds. The monoisotopic (exact) mass is 244 g/mol. The molecule has 18 heavy (non-hydrogen) atoms. The Bertz CT molecular complexity index is 480. The average Bonchev–Trinajstić information content (AvgIpc) is 2.76. The molecule has 1 aromatic carbocycles. The first-order valence-electron chi connectivity index (χ1n) is 6.05. The normalized spacial score (nSPS) is 16.4. The maximum absolute atomic E-state index is 12.4. The molecule has 94 valence electrons. The second kappa shape index (κ2) is 5.12. The summed E-state index contributed by atoms with van der Waals surface area (Å²) >= 11 is 0. The van der Waals surface area contributed by atoms with Crippen molar-refractivity contribution in [3.63, 3.8) is 0 Å². The fourth-order valence-electron chi connectivity index (χ4n) is 2.14. The van der Waals surface area contributed by atoms with E-state index in [1.165, 1.54) is 6.21 Å². The van der Waals surface area contributed by atoms with Crippen molar-refractivity contribution in [1.82, 2.24) is 5.01 Å². The molecule has 0 bridgehead atoms. The van der Waals surface area contributed by atoms with Crippen LogP contribution in [0.5, 0.6) is 0 Å². The van der Waals surface area contributed by atoms with Crippen LogP contribution in [0.3, 0.4) is 0 Å². The van der Waals surface area contributed by atoms with Crippen molar-refractivity contribution in [2.75, 3.05) is 0 Å². The van der Waals surface area contributed by atoms with Crippen LogP contribution in [0.15, 0.2) is 35.4 Å². The first kappa shape index (κ1) is 12.5. The SMILES string of the molecule is CC(C)C(C(=O)N1N=CCC1=O)c1ccccc1. The van der Waals surface area contributed by atoms with Gasteiger partial charge in [-0.05, 0) is 11.5 Å². The van der Waals surface area contributed by atoms with Crippen LogP contribution in [0.4, 0.5) is 0 Å². The van der Waals surface area contributed by atoms with E-state index in [1.54, 1.807) is 0 Å². The minimum atomic E-state index is -0.328. The summed E-state index contributed by atoms with van der Waals surface area (Å²) in [6, 6.07) is 9.52. The summed E-state index contributed by atoms with van der Waals surface area (Å²) in [5.74, 6) is -0.703. The number of nitrogens with zero attached hydrogens (tertiary/aromatic N) is 2. The fraction of sp³-hybridized carbons (Fsp3) is 0.357. The third kappa shape index (κ3) is 2.32. The van der Waals surface area contributed by atoms with E-state index in [2.05, 4.69) is 5.10 Å². The smallest absolute Gasteiger partial charge is 0.257 e. The zero-order chi connectivity index (χ0) is 13.1. The van der Waals surface area contributed by atoms with Crippen LogP contribution in [-0.4, -0.2) is 23.0 Å². The van der Waals surface area contributed by atoms with Crippen LogP contribution < -0.4 is 0 Å². The number of hydrogen-bond acceptors (Lipinski definition) is 3. The number of imide groups is 1. The second-order valence-corrected chi connectivity index (χ2v) is 4.68. The lowest BCUT2D eigenvalue weighted by atomic mass is 9.87. The van der Waals surface area contributed by atoms with Crippen molar-refractivity contribution in [3.05, 3.63) is 35.9 Å². The lowest BCUT2D eigenvalue weighted by Gasteiger charge is -2.23. The van der Waals surface area contributed by atoms with Crippen LogP contribution in [0, 0.1) is 5.92 Å². The zero-order valence-corrected chi connectivity index (χ0v) is 10.5. The highest BCUT2D eigenvalue weighted by molar-refractivity contribution is 6.05. The number of benzene rings is 1. The average molecular weight is 244 g/mol. The molecule has 1 aliphatic rings. The minimum absolute atomic E-state index is 0.114. The highest BCUT2D eigenvalue weighted by atomic mass is 16.2. The summed E-state index contributed by atoms with van der Waals surface area (Å²) < 4.78 is 0. The first-order valence-corrected chi connectivity index (χ1v) is 6.05. The van der Waals surface area contributed by atoms with E-state index in [0.29, 0.717) is 0 Å². The van der Waals surface area contributed by atoms with Crippen molar-refractivity contribution in [3.8, 4) is 0 Å². The summed E-state index contributed by atoms with van der Waals surface area (Å²) in [5, 5.41) is 4.85. The van der Waals surface area contributed by atoms with Gasteiger partial charge in [0.2, 0.25) is 0 Å². The van der Waals surface area contributed by atoms with E-state index in [1.807, 2.05) is 44.2 Å². The number of rotatable bonds is 3. The summed E-state index contributed by atoms with van der Waals surface area (Å²) in [6.07, 6.45) is 1.69. The van der Waals surface area contributed by atoms with Gasteiger partial charge in [-0.1, -0.05) is 44.2 Å². The van der Waals surface area contributed by atoms with Gasteiger partial charge < -0.3 is 0 Å². The standard InChI is InChI=1S/C14H16N2O2/c1-10(2)13(11-6-4-3-5-7-11)14(18)16-12(17)8-9-15-16/h3-7,9-10,13H,8H2,1-2H3. The van der Waals surface area contributed by atoms with Gasteiger partial charge >= 0.3 is 0 Å². The van der Waals surface area contributed by atoms with Crippen LogP contribution in [0.25, 0.3) is 0 Å². The quantitative estimate of drug-likeness (QED) is 0.818. The lowest BCUT2D eigenvalue weighted by Crippen LogP contribution is -2.35. The molecule has 4 heteroatoms. The number of carbonyl (C=O) groups excluding carboxylic acids is 2. The molecule has 1 unspecified atom stereocenters. The molecule has 0 fully saturated rings. The molecular formula is C14H16N2O2. The van der Waals surface area contributed by atoms with E-state index >= 15 is 0 Å². The van der Waals surface area contributed by atoms with Crippen molar-refractivity contribution < 1.29 is 9.59 Å². The Kier molecular flexibility index (Phi) is 3.55. The Morgan fingerprint density at radius 1 is 1.28 bits per heavy atom. The molecule has 0 radical (unpaired) electrons. The molecular weight excluding hydrogens is 228 g/mol. The summed E-state index contributed by atoms with van der Waals surface area (Å²) in [6.45, 7) is 3.94. The van der Waals surface area contributed by atoms with Gasteiger partial charge in [0, 0.05) is 6.21 Å². The molecule has 4 nitrogen and oxygen atoms in total. The maximum Gasteiger partial charge on any atom is 0.257 e. The lowest BCUT2D eigenvalue weighted by molar-refractivity contribution is -0.144. The van der Waals surface area contributed by atoms with E-state index in [0.717, 1.165) is 10.6 Å². The summed E-state index contributed by atoms with van der Waals surface area (Å²) in [5.41, 5.74) is 0.924. The van der Waals surface area contributed by atoms with Gasteiger partial charge in [0.25, 0.3) is 11.8 Å². The Balaban J connectivity index is 2.29.